The van der Waals surface area contributed by atoms with Crippen LogP contribution in [0.2, 0.25) is 0 Å². The number of hydrogen-bond acceptors (Lipinski definition) is 5. The summed E-state index contributed by atoms with van der Waals surface area (Å²) in [7, 11) is 1.66. The summed E-state index contributed by atoms with van der Waals surface area (Å²) in [5.74, 6) is 0.802. The summed E-state index contributed by atoms with van der Waals surface area (Å²) in [5, 5.41) is 4.26. The minimum Gasteiger partial charge on any atom is -0.496 e. The molecule has 0 aliphatic carbocycles. The van der Waals surface area contributed by atoms with E-state index >= 15 is 0 Å². The molecule has 1 aromatic carbocycles. The quantitative estimate of drug-likeness (QED) is 0.943. The van der Waals surface area contributed by atoms with E-state index in [0.29, 0.717) is 0 Å². The Morgan fingerprint density at radius 1 is 1.30 bits per heavy atom. The SMILES string of the molecule is COc1ccc(C)cc1C(N)c1snnc1C(C)(C)C. The zero-order valence-corrected chi connectivity index (χ0v) is 13.4. The molecule has 2 rings (SSSR count). The van der Waals surface area contributed by atoms with Gasteiger partial charge in [0.15, 0.2) is 0 Å². The predicted octanol–water partition coefficient (Wildman–Crippen LogP) is 3.20. The predicted molar refractivity (Wildman–Crippen MR) is 82.4 cm³/mol. The van der Waals surface area contributed by atoms with Gasteiger partial charge in [-0.3, -0.25) is 0 Å². The van der Waals surface area contributed by atoms with Gasteiger partial charge in [0, 0.05) is 11.0 Å². The third-order valence-electron chi connectivity index (χ3n) is 3.23. The first-order valence-corrected chi connectivity index (χ1v) is 7.34. The minimum absolute atomic E-state index is 0.0724. The lowest BCUT2D eigenvalue weighted by molar-refractivity contribution is 0.407. The van der Waals surface area contributed by atoms with Crippen molar-refractivity contribution in [1.29, 1.82) is 0 Å². The highest BCUT2D eigenvalue weighted by Crippen LogP contribution is 2.35. The Hall–Kier alpha value is -1.46. The van der Waals surface area contributed by atoms with Crippen LogP contribution < -0.4 is 10.5 Å². The van der Waals surface area contributed by atoms with Gasteiger partial charge in [-0.2, -0.15) is 0 Å². The molecule has 108 valence electrons. The second kappa shape index (κ2) is 5.50. The number of aryl methyl sites for hydroxylation is 1. The molecule has 2 N–H and O–H groups in total. The third-order valence-corrected chi connectivity index (χ3v) is 4.03. The second-order valence-corrected chi connectivity index (χ2v) is 6.74. The largest absolute Gasteiger partial charge is 0.496 e. The number of hydrogen-bond donors (Lipinski definition) is 1. The van der Waals surface area contributed by atoms with Crippen LogP contribution in [0.3, 0.4) is 0 Å². The molecular weight excluding hydrogens is 270 g/mol. The van der Waals surface area contributed by atoms with Crippen molar-refractivity contribution in [2.75, 3.05) is 7.11 Å². The van der Waals surface area contributed by atoms with Crippen molar-refractivity contribution < 1.29 is 4.74 Å². The van der Waals surface area contributed by atoms with Gasteiger partial charge in [0.1, 0.15) is 5.75 Å². The first-order valence-electron chi connectivity index (χ1n) is 6.57. The van der Waals surface area contributed by atoms with Crippen LogP contribution >= 0.6 is 11.5 Å². The van der Waals surface area contributed by atoms with Crippen LogP contribution in [0.4, 0.5) is 0 Å². The lowest BCUT2D eigenvalue weighted by Crippen LogP contribution is -2.20. The molecule has 20 heavy (non-hydrogen) atoms. The van der Waals surface area contributed by atoms with E-state index in [1.165, 1.54) is 11.5 Å². The van der Waals surface area contributed by atoms with Gasteiger partial charge in [-0.1, -0.05) is 43.0 Å². The number of rotatable bonds is 3. The molecule has 0 saturated heterocycles. The fraction of sp³-hybridized carbons (Fsp3) is 0.467. The number of aromatic nitrogens is 2. The molecule has 5 heteroatoms. The van der Waals surface area contributed by atoms with Crippen molar-refractivity contribution in [2.45, 2.75) is 39.2 Å². The van der Waals surface area contributed by atoms with E-state index in [1.807, 2.05) is 19.1 Å². The van der Waals surface area contributed by atoms with Crippen LogP contribution in [0.1, 0.15) is 48.5 Å². The van der Waals surface area contributed by atoms with E-state index in [2.05, 4.69) is 36.4 Å². The Kier molecular flexibility index (Phi) is 4.11. The fourth-order valence-corrected chi connectivity index (χ4v) is 3.04. The first kappa shape index (κ1) is 14.9. The Bertz CT molecular complexity index is 601. The average molecular weight is 291 g/mol. The van der Waals surface area contributed by atoms with E-state index in [1.54, 1.807) is 7.11 Å². The van der Waals surface area contributed by atoms with E-state index in [-0.39, 0.29) is 11.5 Å². The lowest BCUT2D eigenvalue weighted by atomic mass is 9.88. The van der Waals surface area contributed by atoms with Gasteiger partial charge in [0.2, 0.25) is 0 Å². The summed E-state index contributed by atoms with van der Waals surface area (Å²) in [6.45, 7) is 8.40. The maximum Gasteiger partial charge on any atom is 0.124 e. The standard InChI is InChI=1S/C15H21N3OS/c1-9-6-7-11(19-5)10(8-9)12(16)13-14(15(2,3)4)17-18-20-13/h6-8,12H,16H2,1-5H3. The van der Waals surface area contributed by atoms with Gasteiger partial charge in [0.25, 0.3) is 0 Å². The Morgan fingerprint density at radius 3 is 2.60 bits per heavy atom. The van der Waals surface area contributed by atoms with Crippen molar-refractivity contribution >= 4 is 11.5 Å². The summed E-state index contributed by atoms with van der Waals surface area (Å²) >= 11 is 1.36. The Labute approximate surface area is 124 Å². The Balaban J connectivity index is 2.49. The molecule has 0 radical (unpaired) electrons. The average Bonchev–Trinajstić information content (AvgIpc) is 2.87. The highest BCUT2D eigenvalue weighted by molar-refractivity contribution is 7.05. The van der Waals surface area contributed by atoms with Gasteiger partial charge in [-0.15, -0.1) is 5.10 Å². The molecule has 1 atom stereocenters. The maximum atomic E-state index is 6.45. The molecule has 1 unspecified atom stereocenters. The van der Waals surface area contributed by atoms with Gasteiger partial charge in [-0.05, 0) is 24.5 Å². The molecule has 4 nitrogen and oxygen atoms in total. The zero-order chi connectivity index (χ0) is 14.9. The molecule has 0 amide bonds. The Morgan fingerprint density at radius 2 is 2.00 bits per heavy atom. The number of nitrogens with zero attached hydrogens (tertiary/aromatic N) is 2. The summed E-state index contributed by atoms with van der Waals surface area (Å²) < 4.78 is 9.51. The highest BCUT2D eigenvalue weighted by Gasteiger charge is 2.27. The minimum atomic E-state index is -0.265. The molecular formula is C15H21N3OS. The van der Waals surface area contributed by atoms with Crippen molar-refractivity contribution in [3.8, 4) is 5.75 Å². The summed E-state index contributed by atoms with van der Waals surface area (Å²) in [5.41, 5.74) is 9.47. The molecule has 0 aliphatic heterocycles. The smallest absolute Gasteiger partial charge is 0.124 e. The normalized spacial score (nSPS) is 13.3. The zero-order valence-electron chi connectivity index (χ0n) is 12.6. The van der Waals surface area contributed by atoms with E-state index < -0.39 is 0 Å². The van der Waals surface area contributed by atoms with Gasteiger partial charge in [-0.25, -0.2) is 0 Å². The van der Waals surface area contributed by atoms with Gasteiger partial charge in [0.05, 0.1) is 23.7 Å². The molecule has 0 spiro atoms. The van der Waals surface area contributed by atoms with Crippen molar-refractivity contribution in [2.24, 2.45) is 5.73 Å². The first-order chi connectivity index (χ1) is 9.34. The summed E-state index contributed by atoms with van der Waals surface area (Å²) in [4.78, 5) is 1.00. The molecule has 2 aromatic rings. The van der Waals surface area contributed by atoms with Crippen molar-refractivity contribution in [3.63, 3.8) is 0 Å². The molecule has 1 heterocycles. The topological polar surface area (TPSA) is 61.0 Å². The molecule has 0 saturated carbocycles. The number of nitrogens with two attached hydrogens (primary N) is 1. The summed E-state index contributed by atoms with van der Waals surface area (Å²) in [6.07, 6.45) is 0. The van der Waals surface area contributed by atoms with Crippen LogP contribution in [-0.2, 0) is 5.41 Å². The van der Waals surface area contributed by atoms with Crippen LogP contribution in [0.5, 0.6) is 5.75 Å². The maximum absolute atomic E-state index is 6.45. The van der Waals surface area contributed by atoms with Gasteiger partial charge >= 0.3 is 0 Å². The number of benzene rings is 1. The van der Waals surface area contributed by atoms with Crippen LogP contribution in [0.15, 0.2) is 18.2 Å². The summed E-state index contributed by atoms with van der Waals surface area (Å²) in [6, 6.07) is 5.77. The van der Waals surface area contributed by atoms with Crippen LogP contribution in [-0.4, -0.2) is 16.7 Å². The van der Waals surface area contributed by atoms with E-state index in [4.69, 9.17) is 10.5 Å². The molecule has 0 fully saturated rings. The number of ether oxygens (including phenoxy) is 1. The number of methoxy groups -OCH3 is 1. The fourth-order valence-electron chi connectivity index (χ4n) is 2.16. The van der Waals surface area contributed by atoms with Crippen LogP contribution in [0, 0.1) is 6.92 Å². The molecule has 0 bridgehead atoms. The van der Waals surface area contributed by atoms with Gasteiger partial charge < -0.3 is 10.5 Å². The monoisotopic (exact) mass is 291 g/mol. The molecule has 1 aromatic heterocycles. The highest BCUT2D eigenvalue weighted by atomic mass is 32.1. The van der Waals surface area contributed by atoms with Crippen LogP contribution in [0.25, 0.3) is 0 Å². The molecule has 0 aliphatic rings. The lowest BCUT2D eigenvalue weighted by Gasteiger charge is -2.21. The van der Waals surface area contributed by atoms with E-state index in [0.717, 1.165) is 27.4 Å². The second-order valence-electron chi connectivity index (χ2n) is 5.96. The van der Waals surface area contributed by atoms with E-state index in [9.17, 15) is 0 Å². The van der Waals surface area contributed by atoms with Crippen molar-refractivity contribution in [3.05, 3.63) is 39.9 Å². The third kappa shape index (κ3) is 2.83. The van der Waals surface area contributed by atoms with Crippen molar-refractivity contribution in [1.82, 2.24) is 9.59 Å².